The summed E-state index contributed by atoms with van der Waals surface area (Å²) in [6.07, 6.45) is 1.28. The first kappa shape index (κ1) is 20.7. The molecule has 0 aliphatic heterocycles. The minimum Gasteiger partial charge on any atom is -0.497 e. The van der Waals surface area contributed by atoms with Gasteiger partial charge in [-0.25, -0.2) is 4.98 Å². The first-order valence-corrected chi connectivity index (χ1v) is 9.57. The fraction of sp³-hybridized carbons (Fsp3) is 0.143. The van der Waals surface area contributed by atoms with Gasteiger partial charge in [-0.1, -0.05) is 17.3 Å². The van der Waals surface area contributed by atoms with Gasteiger partial charge in [0.1, 0.15) is 18.6 Å². The van der Waals surface area contributed by atoms with Crippen molar-refractivity contribution in [2.24, 2.45) is 0 Å². The maximum Gasteiger partial charge on any atom is 0.284 e. The minimum atomic E-state index is -0.494. The van der Waals surface area contributed by atoms with Gasteiger partial charge in [-0.15, -0.1) is 5.10 Å². The molecule has 0 fully saturated rings. The van der Waals surface area contributed by atoms with Crippen molar-refractivity contribution in [2.75, 3.05) is 17.7 Å². The number of amides is 2. The molecular weight excluding hydrogens is 414 g/mol. The van der Waals surface area contributed by atoms with E-state index in [0.29, 0.717) is 22.8 Å². The maximum absolute atomic E-state index is 12.8. The topological polar surface area (TPSA) is 133 Å². The summed E-state index contributed by atoms with van der Waals surface area (Å²) in [5.74, 6) is -0.0338. The van der Waals surface area contributed by atoms with Crippen LogP contribution >= 0.6 is 0 Å². The SMILES string of the molecule is COc1cccc(-n2nnc3c(=O)n(CC(=O)Nc4cccc(NC(C)=O)c4)cnc32)c1. The van der Waals surface area contributed by atoms with E-state index < -0.39 is 11.5 Å². The third kappa shape index (κ3) is 4.31. The Labute approximate surface area is 181 Å². The van der Waals surface area contributed by atoms with E-state index >= 15 is 0 Å². The second kappa shape index (κ2) is 8.68. The summed E-state index contributed by atoms with van der Waals surface area (Å²) in [7, 11) is 1.55. The normalized spacial score (nSPS) is 10.7. The summed E-state index contributed by atoms with van der Waals surface area (Å²) in [5, 5.41) is 13.3. The van der Waals surface area contributed by atoms with Crippen LogP contribution in [0.25, 0.3) is 16.9 Å². The summed E-state index contributed by atoms with van der Waals surface area (Å²) >= 11 is 0. The van der Waals surface area contributed by atoms with Gasteiger partial charge in [0.15, 0.2) is 11.2 Å². The van der Waals surface area contributed by atoms with Crippen molar-refractivity contribution in [1.29, 1.82) is 0 Å². The number of benzene rings is 2. The van der Waals surface area contributed by atoms with Crippen LogP contribution in [-0.2, 0) is 16.1 Å². The lowest BCUT2D eigenvalue weighted by atomic mass is 10.2. The zero-order valence-electron chi connectivity index (χ0n) is 17.3. The fourth-order valence-corrected chi connectivity index (χ4v) is 3.11. The molecule has 0 unspecified atom stereocenters. The number of nitrogens with one attached hydrogen (secondary N) is 2. The average molecular weight is 433 g/mol. The number of rotatable bonds is 6. The van der Waals surface area contributed by atoms with E-state index in [2.05, 4.69) is 25.9 Å². The molecule has 2 aromatic heterocycles. The number of fused-ring (bicyclic) bond motifs is 1. The van der Waals surface area contributed by atoms with Crippen LogP contribution in [0.4, 0.5) is 11.4 Å². The quantitative estimate of drug-likeness (QED) is 0.472. The lowest BCUT2D eigenvalue weighted by Gasteiger charge is -2.09. The van der Waals surface area contributed by atoms with Gasteiger partial charge in [0.05, 0.1) is 12.8 Å². The zero-order valence-corrected chi connectivity index (χ0v) is 17.3. The Morgan fingerprint density at radius 1 is 1.06 bits per heavy atom. The van der Waals surface area contributed by atoms with E-state index in [1.807, 2.05) is 0 Å². The van der Waals surface area contributed by atoms with Crippen LogP contribution in [0.2, 0.25) is 0 Å². The molecule has 162 valence electrons. The summed E-state index contributed by atoms with van der Waals surface area (Å²) in [5.41, 5.74) is 1.47. The molecule has 0 bridgehead atoms. The van der Waals surface area contributed by atoms with Gasteiger partial charge in [-0.2, -0.15) is 4.68 Å². The molecule has 0 spiro atoms. The summed E-state index contributed by atoms with van der Waals surface area (Å²) in [6, 6.07) is 13.8. The molecule has 0 saturated heterocycles. The Hall–Kier alpha value is -4.54. The molecule has 4 rings (SSSR count). The van der Waals surface area contributed by atoms with Crippen LogP contribution in [0.5, 0.6) is 5.75 Å². The van der Waals surface area contributed by atoms with E-state index in [1.165, 1.54) is 17.9 Å². The Kier molecular flexibility index (Phi) is 5.62. The van der Waals surface area contributed by atoms with Crippen molar-refractivity contribution in [3.8, 4) is 11.4 Å². The number of nitrogens with zero attached hydrogens (tertiary/aromatic N) is 5. The van der Waals surface area contributed by atoms with Gasteiger partial charge in [-0.3, -0.25) is 19.0 Å². The van der Waals surface area contributed by atoms with Gasteiger partial charge in [-0.05, 0) is 30.3 Å². The highest BCUT2D eigenvalue weighted by atomic mass is 16.5. The van der Waals surface area contributed by atoms with E-state index in [1.54, 1.807) is 55.6 Å². The number of ether oxygens (including phenoxy) is 1. The molecule has 0 aliphatic rings. The molecular formula is C21H19N7O4. The third-order valence-electron chi connectivity index (χ3n) is 4.51. The van der Waals surface area contributed by atoms with Gasteiger partial charge >= 0.3 is 0 Å². The smallest absolute Gasteiger partial charge is 0.284 e. The van der Waals surface area contributed by atoms with E-state index in [0.717, 1.165) is 4.57 Å². The highest BCUT2D eigenvalue weighted by Crippen LogP contribution is 2.18. The second-order valence-electron chi connectivity index (χ2n) is 6.86. The largest absolute Gasteiger partial charge is 0.497 e. The number of anilines is 2. The number of hydrogen-bond donors (Lipinski definition) is 2. The number of carbonyl (C=O) groups excluding carboxylic acids is 2. The summed E-state index contributed by atoms with van der Waals surface area (Å²) in [4.78, 5) is 40.7. The maximum atomic E-state index is 12.8. The second-order valence-corrected chi connectivity index (χ2v) is 6.86. The lowest BCUT2D eigenvalue weighted by molar-refractivity contribution is -0.117. The molecule has 2 heterocycles. The first-order valence-electron chi connectivity index (χ1n) is 9.57. The van der Waals surface area contributed by atoms with Crippen molar-refractivity contribution in [1.82, 2.24) is 24.5 Å². The Balaban J connectivity index is 1.55. The molecule has 32 heavy (non-hydrogen) atoms. The Morgan fingerprint density at radius 2 is 1.81 bits per heavy atom. The number of aromatic nitrogens is 5. The molecule has 2 N–H and O–H groups in total. The summed E-state index contributed by atoms with van der Waals surface area (Å²) in [6.45, 7) is 1.13. The molecule has 11 nitrogen and oxygen atoms in total. The number of methoxy groups -OCH3 is 1. The van der Waals surface area contributed by atoms with Crippen LogP contribution < -0.4 is 20.9 Å². The molecule has 11 heteroatoms. The number of carbonyl (C=O) groups is 2. The van der Waals surface area contributed by atoms with Gasteiger partial charge in [0, 0.05) is 24.4 Å². The van der Waals surface area contributed by atoms with Crippen LogP contribution in [-0.4, -0.2) is 43.5 Å². The Morgan fingerprint density at radius 3 is 2.56 bits per heavy atom. The van der Waals surface area contributed by atoms with E-state index in [-0.39, 0.29) is 23.6 Å². The third-order valence-corrected chi connectivity index (χ3v) is 4.51. The highest BCUT2D eigenvalue weighted by molar-refractivity contribution is 5.93. The first-order chi connectivity index (χ1) is 15.4. The molecule has 2 amide bonds. The molecule has 0 atom stereocenters. The molecule has 4 aromatic rings. The predicted molar refractivity (Wildman–Crippen MR) is 117 cm³/mol. The summed E-state index contributed by atoms with van der Waals surface area (Å²) < 4.78 is 7.79. The standard InChI is InChI=1S/C21H19N7O4/c1-13(29)23-14-5-3-6-15(9-14)24-18(30)11-27-12-22-20-19(21(27)31)25-26-28(20)16-7-4-8-17(10-16)32-2/h3-10,12H,11H2,1-2H3,(H,23,29)(H,24,30). The van der Waals surface area contributed by atoms with Gasteiger partial charge in [0.25, 0.3) is 5.56 Å². The highest BCUT2D eigenvalue weighted by Gasteiger charge is 2.15. The zero-order chi connectivity index (χ0) is 22.7. The minimum absolute atomic E-state index is 0.0378. The molecule has 0 saturated carbocycles. The van der Waals surface area contributed by atoms with Crippen molar-refractivity contribution in [3.05, 3.63) is 65.2 Å². The molecule has 0 radical (unpaired) electrons. The van der Waals surface area contributed by atoms with Gasteiger partial charge < -0.3 is 15.4 Å². The van der Waals surface area contributed by atoms with Crippen molar-refractivity contribution in [3.63, 3.8) is 0 Å². The monoisotopic (exact) mass is 433 g/mol. The van der Waals surface area contributed by atoms with Crippen molar-refractivity contribution < 1.29 is 14.3 Å². The molecule has 0 aliphatic carbocycles. The molecule has 2 aromatic carbocycles. The Bertz CT molecular complexity index is 1380. The van der Waals surface area contributed by atoms with Crippen LogP contribution in [0.15, 0.2) is 59.7 Å². The fourth-order valence-electron chi connectivity index (χ4n) is 3.11. The van der Waals surface area contributed by atoms with E-state index in [4.69, 9.17) is 4.74 Å². The predicted octanol–water partition coefficient (Wildman–Crippen LogP) is 1.58. The van der Waals surface area contributed by atoms with Crippen LogP contribution in [0.1, 0.15) is 6.92 Å². The average Bonchev–Trinajstić information content (AvgIpc) is 3.20. The van der Waals surface area contributed by atoms with Crippen molar-refractivity contribution in [2.45, 2.75) is 13.5 Å². The number of hydrogen-bond acceptors (Lipinski definition) is 7. The van der Waals surface area contributed by atoms with Crippen LogP contribution in [0.3, 0.4) is 0 Å². The van der Waals surface area contributed by atoms with Crippen LogP contribution in [0, 0.1) is 0 Å². The van der Waals surface area contributed by atoms with Gasteiger partial charge in [0.2, 0.25) is 11.8 Å². The lowest BCUT2D eigenvalue weighted by Crippen LogP contribution is -2.28. The van der Waals surface area contributed by atoms with Crippen molar-refractivity contribution >= 4 is 34.4 Å². The van der Waals surface area contributed by atoms with E-state index in [9.17, 15) is 14.4 Å².